The van der Waals surface area contributed by atoms with Crippen LogP contribution in [0.4, 0.5) is 0 Å². The molecule has 194 valence electrons. The minimum Gasteiger partial charge on any atom is -0.407 e. The van der Waals surface area contributed by atoms with Crippen LogP contribution in [0.5, 0.6) is 0 Å². The summed E-state index contributed by atoms with van der Waals surface area (Å²) in [4.78, 5) is 13.4. The van der Waals surface area contributed by atoms with Crippen molar-refractivity contribution in [1.29, 1.82) is 0 Å². The fraction of sp³-hybridized carbons (Fsp3) is 0.581. The van der Waals surface area contributed by atoms with Gasteiger partial charge >= 0.3 is 0 Å². The van der Waals surface area contributed by atoms with Crippen molar-refractivity contribution in [3.05, 3.63) is 60.7 Å². The van der Waals surface area contributed by atoms with Crippen LogP contribution in [0.3, 0.4) is 0 Å². The minimum atomic E-state index is -2.72. The third-order valence-electron chi connectivity index (χ3n) is 9.46. The van der Waals surface area contributed by atoms with Crippen LogP contribution >= 0.6 is 0 Å². The number of rotatable bonds is 5. The van der Waals surface area contributed by atoms with Crippen molar-refractivity contribution in [3.8, 4) is 0 Å². The van der Waals surface area contributed by atoms with Crippen molar-refractivity contribution in [2.45, 2.75) is 77.7 Å². The number of Topliss-reactive ketones (excluding diaryl/α,β-unsaturated/α-hetero) is 1. The summed E-state index contributed by atoms with van der Waals surface area (Å²) < 4.78 is 20.3. The second kappa shape index (κ2) is 9.19. The summed E-state index contributed by atoms with van der Waals surface area (Å²) in [6.45, 7) is 14.6. The summed E-state index contributed by atoms with van der Waals surface area (Å²) in [7, 11) is -2.72. The molecule has 0 unspecified atom stereocenters. The quantitative estimate of drug-likeness (QED) is 0.514. The Kier molecular flexibility index (Phi) is 6.60. The van der Waals surface area contributed by atoms with E-state index in [-0.39, 0.29) is 40.1 Å². The second-order valence-electron chi connectivity index (χ2n) is 12.7. The topological polar surface area (TPSA) is 44.8 Å². The predicted octanol–water partition coefficient (Wildman–Crippen LogP) is 5.34. The number of benzene rings is 2. The fourth-order valence-electron chi connectivity index (χ4n) is 7.74. The molecule has 0 radical (unpaired) electrons. The molecule has 2 aliphatic heterocycles. The summed E-state index contributed by atoms with van der Waals surface area (Å²) in [6.07, 6.45) is 2.33. The normalized spacial score (nSPS) is 32.1. The number of hydrogen-bond donors (Lipinski definition) is 0. The molecule has 2 saturated heterocycles. The average molecular weight is 507 g/mol. The van der Waals surface area contributed by atoms with Gasteiger partial charge in [0.25, 0.3) is 8.32 Å². The molecule has 0 N–H and O–H groups in total. The van der Waals surface area contributed by atoms with E-state index in [9.17, 15) is 4.79 Å². The largest absolute Gasteiger partial charge is 0.407 e. The van der Waals surface area contributed by atoms with Gasteiger partial charge in [-0.25, -0.2) is 0 Å². The Hall–Kier alpha value is -1.79. The van der Waals surface area contributed by atoms with E-state index in [0.29, 0.717) is 18.8 Å². The molecule has 0 amide bonds. The Morgan fingerprint density at radius 1 is 1.00 bits per heavy atom. The highest BCUT2D eigenvalue weighted by Crippen LogP contribution is 2.63. The molecule has 1 spiro atoms. The number of carbonyl (C=O) groups excluding carboxylic acids is 1. The second-order valence-corrected chi connectivity index (χ2v) is 17.0. The third-order valence-corrected chi connectivity index (χ3v) is 14.5. The maximum absolute atomic E-state index is 13.4. The lowest BCUT2D eigenvalue weighted by Crippen LogP contribution is -2.68. The molecule has 36 heavy (non-hydrogen) atoms. The van der Waals surface area contributed by atoms with Gasteiger partial charge in [0.05, 0.1) is 5.60 Å². The lowest BCUT2D eigenvalue weighted by Gasteiger charge is -2.53. The van der Waals surface area contributed by atoms with Crippen molar-refractivity contribution < 1.29 is 18.7 Å². The van der Waals surface area contributed by atoms with E-state index in [4.69, 9.17) is 13.9 Å². The Morgan fingerprint density at radius 2 is 1.58 bits per heavy atom. The predicted molar refractivity (Wildman–Crippen MR) is 146 cm³/mol. The first-order valence-corrected chi connectivity index (χ1v) is 15.5. The standard InChI is InChI=1S/C31H42O4Si/c1-22-25(31-18-13-19-33-28(31)35-30(5,6)27(31)20-26(22)32)21-34-36(29(2,3)4,23-14-9-7-10-15-23)24-16-11-8-12-17-24/h7-12,14-17,22,25,27-28H,13,18-21H2,1-6H3/t22-,25+,27+,28+,31+/m1/s1. The van der Waals surface area contributed by atoms with Gasteiger partial charge in [-0.05, 0) is 42.1 Å². The van der Waals surface area contributed by atoms with E-state index in [2.05, 4.69) is 102 Å². The highest BCUT2D eigenvalue weighted by molar-refractivity contribution is 6.99. The summed E-state index contributed by atoms with van der Waals surface area (Å²) in [5, 5.41) is 2.43. The zero-order chi connectivity index (χ0) is 25.8. The van der Waals surface area contributed by atoms with Crippen LogP contribution in [0.25, 0.3) is 0 Å². The lowest BCUT2D eigenvalue weighted by atomic mass is 9.52. The summed E-state index contributed by atoms with van der Waals surface area (Å²) in [6, 6.07) is 21.6. The van der Waals surface area contributed by atoms with Gasteiger partial charge in [0.15, 0.2) is 6.29 Å². The van der Waals surface area contributed by atoms with Gasteiger partial charge in [-0.2, -0.15) is 0 Å². The van der Waals surface area contributed by atoms with E-state index in [1.165, 1.54) is 10.4 Å². The Labute approximate surface area is 217 Å². The molecule has 1 aliphatic carbocycles. The Morgan fingerprint density at radius 3 is 2.14 bits per heavy atom. The SMILES string of the molecule is C[C@H]1C(=O)C[C@H]2C(C)(C)O[C@@H]3OCCC[C@@]32[C@H]1CO[Si](c1ccccc1)(c1ccccc1)C(C)(C)C. The molecule has 3 fully saturated rings. The van der Waals surface area contributed by atoms with Crippen molar-refractivity contribution in [3.63, 3.8) is 0 Å². The maximum atomic E-state index is 13.4. The number of ketones is 1. The molecule has 5 rings (SSSR count). The van der Waals surface area contributed by atoms with Gasteiger partial charge < -0.3 is 13.9 Å². The van der Waals surface area contributed by atoms with Crippen LogP contribution in [0.1, 0.15) is 60.8 Å². The van der Waals surface area contributed by atoms with E-state index in [0.717, 1.165) is 19.4 Å². The molecule has 3 aliphatic rings. The molecule has 2 aromatic rings. The monoisotopic (exact) mass is 506 g/mol. The molecule has 2 heterocycles. The zero-order valence-corrected chi connectivity index (χ0v) is 23.8. The minimum absolute atomic E-state index is 0.0532. The molecule has 4 nitrogen and oxygen atoms in total. The third kappa shape index (κ3) is 3.85. The van der Waals surface area contributed by atoms with Crippen molar-refractivity contribution in [1.82, 2.24) is 0 Å². The molecular formula is C31H42O4Si. The van der Waals surface area contributed by atoms with Crippen LogP contribution in [0.2, 0.25) is 5.04 Å². The van der Waals surface area contributed by atoms with Crippen molar-refractivity contribution >= 4 is 24.5 Å². The number of carbonyl (C=O) groups is 1. The molecule has 2 aromatic carbocycles. The highest BCUT2D eigenvalue weighted by Gasteiger charge is 2.68. The highest BCUT2D eigenvalue weighted by atomic mass is 28.4. The van der Waals surface area contributed by atoms with Gasteiger partial charge in [0, 0.05) is 42.8 Å². The van der Waals surface area contributed by atoms with Gasteiger partial charge in [0.1, 0.15) is 5.78 Å². The summed E-state index contributed by atoms with van der Waals surface area (Å²) in [5.41, 5.74) is -0.582. The molecule has 0 aromatic heterocycles. The summed E-state index contributed by atoms with van der Waals surface area (Å²) in [5.74, 6) is 0.454. The van der Waals surface area contributed by atoms with E-state index >= 15 is 0 Å². The lowest BCUT2D eigenvalue weighted by molar-refractivity contribution is -0.229. The van der Waals surface area contributed by atoms with Crippen LogP contribution in [0.15, 0.2) is 60.7 Å². The van der Waals surface area contributed by atoms with Crippen LogP contribution in [0, 0.1) is 23.2 Å². The molecule has 1 saturated carbocycles. The van der Waals surface area contributed by atoms with Crippen LogP contribution in [-0.4, -0.2) is 39.2 Å². The average Bonchev–Trinajstić information content (AvgIpc) is 3.08. The molecule has 5 heteroatoms. The first-order valence-electron chi connectivity index (χ1n) is 13.6. The van der Waals surface area contributed by atoms with Gasteiger partial charge in [0.2, 0.25) is 0 Å². The van der Waals surface area contributed by atoms with E-state index in [1.54, 1.807) is 0 Å². The molecule has 0 bridgehead atoms. The number of hydrogen-bond acceptors (Lipinski definition) is 4. The van der Waals surface area contributed by atoms with Crippen molar-refractivity contribution in [2.24, 2.45) is 23.2 Å². The van der Waals surface area contributed by atoms with Gasteiger partial charge in [-0.1, -0.05) is 88.4 Å². The Bertz CT molecular complexity index is 1040. The van der Waals surface area contributed by atoms with Gasteiger partial charge in [-0.15, -0.1) is 0 Å². The Balaban J connectivity index is 1.61. The smallest absolute Gasteiger partial charge is 0.261 e. The van der Waals surface area contributed by atoms with Crippen LogP contribution in [-0.2, 0) is 18.7 Å². The fourth-order valence-corrected chi connectivity index (χ4v) is 12.3. The van der Waals surface area contributed by atoms with E-state index in [1.807, 2.05) is 0 Å². The maximum Gasteiger partial charge on any atom is 0.261 e. The molecular weight excluding hydrogens is 464 g/mol. The van der Waals surface area contributed by atoms with Crippen molar-refractivity contribution in [2.75, 3.05) is 13.2 Å². The summed E-state index contributed by atoms with van der Waals surface area (Å²) >= 11 is 0. The zero-order valence-electron chi connectivity index (χ0n) is 22.8. The first-order chi connectivity index (χ1) is 17.0. The van der Waals surface area contributed by atoms with E-state index < -0.39 is 8.32 Å². The number of ether oxygens (including phenoxy) is 2. The molecule has 5 atom stereocenters. The first kappa shape index (κ1) is 25.8. The van der Waals surface area contributed by atoms with Crippen LogP contribution < -0.4 is 10.4 Å². The van der Waals surface area contributed by atoms with Gasteiger partial charge in [-0.3, -0.25) is 4.79 Å².